The van der Waals surface area contributed by atoms with E-state index < -0.39 is 0 Å². The quantitative estimate of drug-likeness (QED) is 0.755. The summed E-state index contributed by atoms with van der Waals surface area (Å²) in [4.78, 5) is 13.5. The molecule has 2 aromatic rings. The molecule has 3 rings (SSSR count). The van der Waals surface area contributed by atoms with E-state index in [2.05, 4.69) is 64.7 Å². The lowest BCUT2D eigenvalue weighted by Crippen LogP contribution is -2.44. The zero-order chi connectivity index (χ0) is 13.4. The van der Waals surface area contributed by atoms with Crippen molar-refractivity contribution in [1.82, 2.24) is 14.9 Å². The maximum Gasteiger partial charge on any atom is 0.140 e. The van der Waals surface area contributed by atoms with Crippen LogP contribution in [0.2, 0.25) is 0 Å². The van der Waals surface area contributed by atoms with Gasteiger partial charge in [-0.25, -0.2) is 9.97 Å². The number of anilines is 1. The third kappa shape index (κ3) is 2.61. The average Bonchev–Trinajstić information content (AvgIpc) is 2.39. The summed E-state index contributed by atoms with van der Waals surface area (Å²) in [6.45, 7) is 4.15. The zero-order valence-electron chi connectivity index (χ0n) is 10.6. The fourth-order valence-electron chi connectivity index (χ4n) is 2.35. The van der Waals surface area contributed by atoms with E-state index in [0.717, 1.165) is 51.8 Å². The highest BCUT2D eigenvalue weighted by molar-refractivity contribution is 9.11. The lowest BCUT2D eigenvalue weighted by atomic mass is 10.2. The molecule has 1 saturated heterocycles. The molecule has 0 unspecified atom stereocenters. The average molecular weight is 386 g/mol. The van der Waals surface area contributed by atoms with Gasteiger partial charge in [0, 0.05) is 40.5 Å². The molecule has 4 nitrogen and oxygen atoms in total. The topological polar surface area (TPSA) is 32.3 Å². The first-order valence-electron chi connectivity index (χ1n) is 6.18. The Kier molecular flexibility index (Phi) is 3.73. The Hall–Kier alpha value is -0.720. The summed E-state index contributed by atoms with van der Waals surface area (Å²) in [5.74, 6) is 1.03. The van der Waals surface area contributed by atoms with Crippen LogP contribution in [-0.4, -0.2) is 48.1 Å². The molecule has 100 valence electrons. The minimum absolute atomic E-state index is 0.965. The number of hydrogen-bond donors (Lipinski definition) is 0. The number of likely N-dealkylation sites (N-methyl/N-ethyl adjacent to an activating group) is 1. The van der Waals surface area contributed by atoms with Gasteiger partial charge in [0.1, 0.15) is 12.1 Å². The molecule has 6 heteroatoms. The highest BCUT2D eigenvalue weighted by Crippen LogP contribution is 2.32. The molecule has 0 saturated carbocycles. The second kappa shape index (κ2) is 5.34. The van der Waals surface area contributed by atoms with Gasteiger partial charge in [0.25, 0.3) is 0 Å². The molecule has 0 N–H and O–H groups in total. The fourth-order valence-corrected chi connectivity index (χ4v) is 3.68. The zero-order valence-corrected chi connectivity index (χ0v) is 13.8. The first-order valence-corrected chi connectivity index (χ1v) is 7.77. The predicted molar refractivity (Wildman–Crippen MR) is 84.6 cm³/mol. The van der Waals surface area contributed by atoms with E-state index in [-0.39, 0.29) is 0 Å². The summed E-state index contributed by atoms with van der Waals surface area (Å²) in [5, 5.41) is 1.09. The standard InChI is InChI=1S/C13H14Br2N4/c1-18-2-4-19(5-3-18)13-10-6-9(14)7-11(15)12(10)16-8-17-13/h6-8H,2-5H2,1H3. The van der Waals surface area contributed by atoms with Crippen LogP contribution in [0.25, 0.3) is 10.9 Å². The summed E-state index contributed by atoms with van der Waals surface area (Å²) in [6, 6.07) is 4.11. The van der Waals surface area contributed by atoms with Crippen molar-refractivity contribution in [2.75, 3.05) is 38.1 Å². The Morgan fingerprint density at radius 2 is 1.79 bits per heavy atom. The molecule has 1 aromatic carbocycles. The minimum atomic E-state index is 0.965. The molecule has 0 spiro atoms. The highest BCUT2D eigenvalue weighted by Gasteiger charge is 2.18. The molecular weight excluding hydrogens is 372 g/mol. The van der Waals surface area contributed by atoms with Gasteiger partial charge in [-0.05, 0) is 35.1 Å². The van der Waals surface area contributed by atoms with E-state index in [9.17, 15) is 0 Å². The molecule has 2 heterocycles. The molecule has 0 aliphatic carbocycles. The van der Waals surface area contributed by atoms with Crippen LogP contribution in [0, 0.1) is 0 Å². The molecule has 0 amide bonds. The Labute approximate surface area is 129 Å². The van der Waals surface area contributed by atoms with Crippen LogP contribution in [0.1, 0.15) is 0 Å². The second-order valence-corrected chi connectivity index (χ2v) is 6.54. The van der Waals surface area contributed by atoms with Crippen molar-refractivity contribution < 1.29 is 0 Å². The first-order chi connectivity index (χ1) is 9.15. The van der Waals surface area contributed by atoms with E-state index >= 15 is 0 Å². The van der Waals surface area contributed by atoms with Gasteiger partial charge in [-0.1, -0.05) is 15.9 Å². The van der Waals surface area contributed by atoms with E-state index in [1.807, 2.05) is 6.07 Å². The fraction of sp³-hybridized carbons (Fsp3) is 0.385. The third-order valence-electron chi connectivity index (χ3n) is 3.44. The molecule has 1 aliphatic rings. The largest absolute Gasteiger partial charge is 0.353 e. The van der Waals surface area contributed by atoms with E-state index in [0.29, 0.717) is 0 Å². The summed E-state index contributed by atoms with van der Waals surface area (Å²) < 4.78 is 2.03. The Morgan fingerprint density at radius 1 is 1.05 bits per heavy atom. The van der Waals surface area contributed by atoms with Crippen molar-refractivity contribution in [2.24, 2.45) is 0 Å². The second-order valence-electron chi connectivity index (χ2n) is 4.77. The Bertz CT molecular complexity index is 609. The maximum atomic E-state index is 4.49. The van der Waals surface area contributed by atoms with Crippen LogP contribution in [0.3, 0.4) is 0 Å². The molecule has 1 fully saturated rings. The number of piperazine rings is 1. The maximum absolute atomic E-state index is 4.49. The van der Waals surface area contributed by atoms with Crippen molar-refractivity contribution in [1.29, 1.82) is 0 Å². The van der Waals surface area contributed by atoms with Crippen molar-refractivity contribution in [3.8, 4) is 0 Å². The van der Waals surface area contributed by atoms with Gasteiger partial charge < -0.3 is 9.80 Å². The molecule has 0 bridgehead atoms. The summed E-state index contributed by atoms with van der Waals surface area (Å²) >= 11 is 7.11. The summed E-state index contributed by atoms with van der Waals surface area (Å²) in [5.41, 5.74) is 0.965. The van der Waals surface area contributed by atoms with Gasteiger partial charge in [-0.3, -0.25) is 0 Å². The van der Waals surface area contributed by atoms with E-state index in [4.69, 9.17) is 0 Å². The molecule has 0 atom stereocenters. The monoisotopic (exact) mass is 384 g/mol. The molecule has 1 aliphatic heterocycles. The number of fused-ring (bicyclic) bond motifs is 1. The number of aromatic nitrogens is 2. The third-order valence-corrected chi connectivity index (χ3v) is 4.50. The molecule has 19 heavy (non-hydrogen) atoms. The van der Waals surface area contributed by atoms with E-state index in [1.165, 1.54) is 0 Å². The van der Waals surface area contributed by atoms with Crippen LogP contribution in [0.15, 0.2) is 27.4 Å². The lowest BCUT2D eigenvalue weighted by Gasteiger charge is -2.33. The number of hydrogen-bond acceptors (Lipinski definition) is 4. The number of benzene rings is 1. The molecular formula is C13H14Br2N4. The van der Waals surface area contributed by atoms with Gasteiger partial charge >= 0.3 is 0 Å². The number of rotatable bonds is 1. The summed E-state index contributed by atoms with van der Waals surface area (Å²) in [7, 11) is 2.16. The van der Waals surface area contributed by atoms with Crippen LogP contribution >= 0.6 is 31.9 Å². The molecule has 1 aromatic heterocycles. The lowest BCUT2D eigenvalue weighted by molar-refractivity contribution is 0.312. The van der Waals surface area contributed by atoms with Gasteiger partial charge in [-0.15, -0.1) is 0 Å². The SMILES string of the molecule is CN1CCN(c2ncnc3c(Br)cc(Br)cc23)CC1. The van der Waals surface area contributed by atoms with Gasteiger partial charge in [-0.2, -0.15) is 0 Å². The van der Waals surface area contributed by atoms with Crippen molar-refractivity contribution in [3.63, 3.8) is 0 Å². The normalized spacial score (nSPS) is 17.1. The smallest absolute Gasteiger partial charge is 0.140 e. The van der Waals surface area contributed by atoms with Crippen molar-refractivity contribution >= 4 is 48.6 Å². The highest BCUT2D eigenvalue weighted by atomic mass is 79.9. The van der Waals surface area contributed by atoms with Crippen LogP contribution in [0.5, 0.6) is 0 Å². The Morgan fingerprint density at radius 3 is 2.53 bits per heavy atom. The predicted octanol–water partition coefficient (Wildman–Crippen LogP) is 2.91. The number of nitrogens with zero attached hydrogens (tertiary/aromatic N) is 4. The summed E-state index contributed by atoms with van der Waals surface area (Å²) in [6.07, 6.45) is 1.65. The minimum Gasteiger partial charge on any atom is -0.353 e. The van der Waals surface area contributed by atoms with Crippen LogP contribution in [-0.2, 0) is 0 Å². The van der Waals surface area contributed by atoms with Gasteiger partial charge in [0.15, 0.2) is 0 Å². The van der Waals surface area contributed by atoms with Crippen molar-refractivity contribution in [2.45, 2.75) is 0 Å². The van der Waals surface area contributed by atoms with Crippen LogP contribution in [0.4, 0.5) is 5.82 Å². The molecule has 0 radical (unpaired) electrons. The number of halogens is 2. The van der Waals surface area contributed by atoms with Crippen molar-refractivity contribution in [3.05, 3.63) is 27.4 Å². The Balaban J connectivity index is 2.08. The van der Waals surface area contributed by atoms with E-state index in [1.54, 1.807) is 6.33 Å². The first kappa shape index (κ1) is 13.3. The van der Waals surface area contributed by atoms with Crippen LogP contribution < -0.4 is 4.90 Å². The van der Waals surface area contributed by atoms with Gasteiger partial charge in [0.2, 0.25) is 0 Å². The van der Waals surface area contributed by atoms with Gasteiger partial charge in [0.05, 0.1) is 5.52 Å².